The molecule has 2 amide bonds. The molecule has 1 unspecified atom stereocenters. The SMILES string of the molecule is CCC1CCCCCN1C(=O)N[C@H]1CC[C@@H](C(=O)O)C1. The van der Waals surface area contributed by atoms with E-state index in [2.05, 4.69) is 12.2 Å². The highest BCUT2D eigenvalue weighted by Crippen LogP contribution is 2.26. The van der Waals surface area contributed by atoms with Crippen LogP contribution in [-0.2, 0) is 4.79 Å². The second kappa shape index (κ2) is 6.95. The average molecular weight is 282 g/mol. The van der Waals surface area contributed by atoms with Crippen molar-refractivity contribution in [3.05, 3.63) is 0 Å². The molecule has 1 saturated carbocycles. The molecule has 2 aliphatic rings. The van der Waals surface area contributed by atoms with Gasteiger partial charge in [0.1, 0.15) is 0 Å². The van der Waals surface area contributed by atoms with Gasteiger partial charge in [-0.05, 0) is 38.5 Å². The Morgan fingerprint density at radius 3 is 2.65 bits per heavy atom. The van der Waals surface area contributed by atoms with Crippen LogP contribution in [0.15, 0.2) is 0 Å². The molecule has 0 spiro atoms. The van der Waals surface area contributed by atoms with Crippen molar-refractivity contribution in [1.29, 1.82) is 0 Å². The van der Waals surface area contributed by atoms with E-state index in [4.69, 9.17) is 5.11 Å². The number of amides is 2. The predicted molar refractivity (Wildman–Crippen MR) is 76.5 cm³/mol. The molecular weight excluding hydrogens is 256 g/mol. The minimum atomic E-state index is -0.733. The van der Waals surface area contributed by atoms with Crippen LogP contribution in [0.1, 0.15) is 58.3 Å². The summed E-state index contributed by atoms with van der Waals surface area (Å²) >= 11 is 0. The number of hydrogen-bond donors (Lipinski definition) is 2. The quantitative estimate of drug-likeness (QED) is 0.836. The summed E-state index contributed by atoms with van der Waals surface area (Å²) in [5, 5.41) is 12.1. The Labute approximate surface area is 120 Å². The maximum absolute atomic E-state index is 12.4. The van der Waals surface area contributed by atoms with E-state index < -0.39 is 5.97 Å². The van der Waals surface area contributed by atoms with Gasteiger partial charge in [-0.25, -0.2) is 4.79 Å². The number of carbonyl (C=O) groups is 2. The molecule has 1 heterocycles. The lowest BCUT2D eigenvalue weighted by atomic mass is 10.1. The number of nitrogens with one attached hydrogen (secondary N) is 1. The molecule has 0 bridgehead atoms. The maximum atomic E-state index is 12.4. The van der Waals surface area contributed by atoms with E-state index in [1.54, 1.807) is 0 Å². The second-order valence-corrected chi connectivity index (χ2v) is 6.10. The zero-order chi connectivity index (χ0) is 14.5. The Balaban J connectivity index is 1.88. The van der Waals surface area contributed by atoms with Gasteiger partial charge in [0, 0.05) is 18.6 Å². The van der Waals surface area contributed by atoms with Gasteiger partial charge in [-0.3, -0.25) is 4.79 Å². The Morgan fingerprint density at radius 2 is 2.00 bits per heavy atom. The first-order chi connectivity index (χ1) is 9.61. The van der Waals surface area contributed by atoms with E-state index in [9.17, 15) is 9.59 Å². The normalized spacial score (nSPS) is 30.9. The van der Waals surface area contributed by atoms with Gasteiger partial charge in [0.25, 0.3) is 0 Å². The Morgan fingerprint density at radius 1 is 1.20 bits per heavy atom. The van der Waals surface area contributed by atoms with Gasteiger partial charge in [-0.1, -0.05) is 19.8 Å². The molecular formula is C15H26N2O3. The third kappa shape index (κ3) is 3.64. The van der Waals surface area contributed by atoms with Gasteiger partial charge in [0.15, 0.2) is 0 Å². The van der Waals surface area contributed by atoms with Crippen molar-refractivity contribution >= 4 is 12.0 Å². The van der Waals surface area contributed by atoms with Crippen LogP contribution < -0.4 is 5.32 Å². The topological polar surface area (TPSA) is 69.6 Å². The van der Waals surface area contributed by atoms with E-state index in [1.807, 2.05) is 4.90 Å². The molecule has 1 aliphatic heterocycles. The second-order valence-electron chi connectivity index (χ2n) is 6.10. The number of rotatable bonds is 3. The van der Waals surface area contributed by atoms with E-state index in [0.717, 1.165) is 32.2 Å². The summed E-state index contributed by atoms with van der Waals surface area (Å²) in [7, 11) is 0. The Kier molecular flexibility index (Phi) is 5.26. The molecule has 114 valence electrons. The van der Waals surface area contributed by atoms with Crippen LogP contribution in [0.25, 0.3) is 0 Å². The van der Waals surface area contributed by atoms with E-state index in [-0.39, 0.29) is 18.0 Å². The van der Waals surface area contributed by atoms with Gasteiger partial charge >= 0.3 is 12.0 Å². The van der Waals surface area contributed by atoms with Gasteiger partial charge in [0.05, 0.1) is 5.92 Å². The van der Waals surface area contributed by atoms with Crippen LogP contribution >= 0.6 is 0 Å². The monoisotopic (exact) mass is 282 g/mol. The first-order valence-electron chi connectivity index (χ1n) is 7.91. The molecule has 5 nitrogen and oxygen atoms in total. The molecule has 5 heteroatoms. The summed E-state index contributed by atoms with van der Waals surface area (Å²) in [4.78, 5) is 25.3. The van der Waals surface area contributed by atoms with Crippen molar-refractivity contribution in [2.45, 2.75) is 70.4 Å². The van der Waals surface area contributed by atoms with Crippen molar-refractivity contribution in [2.75, 3.05) is 6.54 Å². The van der Waals surface area contributed by atoms with E-state index in [1.165, 1.54) is 12.8 Å². The summed E-state index contributed by atoms with van der Waals surface area (Å²) < 4.78 is 0. The van der Waals surface area contributed by atoms with Crippen LogP contribution in [0.5, 0.6) is 0 Å². The number of urea groups is 1. The predicted octanol–water partition coefficient (Wildman–Crippen LogP) is 2.60. The third-order valence-electron chi connectivity index (χ3n) is 4.72. The lowest BCUT2D eigenvalue weighted by molar-refractivity contribution is -0.141. The third-order valence-corrected chi connectivity index (χ3v) is 4.72. The van der Waals surface area contributed by atoms with Gasteiger partial charge in [-0.2, -0.15) is 0 Å². The molecule has 20 heavy (non-hydrogen) atoms. The van der Waals surface area contributed by atoms with Crippen molar-refractivity contribution in [3.63, 3.8) is 0 Å². The molecule has 2 N–H and O–H groups in total. The van der Waals surface area contributed by atoms with Crippen LogP contribution in [-0.4, -0.2) is 40.6 Å². The minimum absolute atomic E-state index is 0.00906. The highest BCUT2D eigenvalue weighted by molar-refractivity contribution is 5.75. The molecule has 3 atom stereocenters. The number of carbonyl (C=O) groups excluding carboxylic acids is 1. The maximum Gasteiger partial charge on any atom is 0.317 e. The van der Waals surface area contributed by atoms with Crippen molar-refractivity contribution < 1.29 is 14.7 Å². The van der Waals surface area contributed by atoms with Crippen LogP contribution in [0.4, 0.5) is 4.79 Å². The molecule has 2 rings (SSSR count). The minimum Gasteiger partial charge on any atom is -0.481 e. The largest absolute Gasteiger partial charge is 0.481 e. The first-order valence-corrected chi connectivity index (χ1v) is 7.91. The summed E-state index contributed by atoms with van der Waals surface area (Å²) in [5.41, 5.74) is 0. The fourth-order valence-corrected chi connectivity index (χ4v) is 3.46. The molecule has 0 aromatic rings. The fraction of sp³-hybridized carbons (Fsp3) is 0.867. The van der Waals surface area contributed by atoms with Gasteiger partial charge in [-0.15, -0.1) is 0 Å². The van der Waals surface area contributed by atoms with Crippen LogP contribution in [0.2, 0.25) is 0 Å². The van der Waals surface area contributed by atoms with Crippen molar-refractivity contribution in [1.82, 2.24) is 10.2 Å². The number of carboxylic acid groups (broad SMARTS) is 1. The summed E-state index contributed by atoms with van der Waals surface area (Å²) in [5.74, 6) is -1.02. The van der Waals surface area contributed by atoms with Crippen LogP contribution in [0.3, 0.4) is 0 Å². The lowest BCUT2D eigenvalue weighted by Crippen LogP contribution is -2.48. The van der Waals surface area contributed by atoms with E-state index in [0.29, 0.717) is 18.9 Å². The highest BCUT2D eigenvalue weighted by Gasteiger charge is 2.32. The summed E-state index contributed by atoms with van der Waals surface area (Å²) in [6, 6.07) is 0.383. The molecule has 0 aromatic carbocycles. The Hall–Kier alpha value is -1.26. The average Bonchev–Trinajstić information content (AvgIpc) is 2.75. The molecule has 0 aromatic heterocycles. The standard InChI is InChI=1S/C15H26N2O3/c1-2-13-6-4-3-5-9-17(13)15(20)16-12-8-7-11(10-12)14(18)19/h11-13H,2-10H2,1H3,(H,16,20)(H,18,19)/t11-,12+,13?/m1/s1. The number of hydrogen-bond acceptors (Lipinski definition) is 2. The Bertz CT molecular complexity index is 359. The zero-order valence-corrected chi connectivity index (χ0v) is 12.3. The van der Waals surface area contributed by atoms with Crippen LogP contribution in [0, 0.1) is 5.92 Å². The molecule has 0 radical (unpaired) electrons. The van der Waals surface area contributed by atoms with Crippen molar-refractivity contribution in [3.8, 4) is 0 Å². The number of nitrogens with zero attached hydrogens (tertiary/aromatic N) is 1. The summed E-state index contributed by atoms with van der Waals surface area (Å²) in [6.07, 6.45) is 7.60. The molecule has 2 fully saturated rings. The summed E-state index contributed by atoms with van der Waals surface area (Å²) in [6.45, 7) is 2.96. The first kappa shape index (κ1) is 15.1. The van der Waals surface area contributed by atoms with Crippen molar-refractivity contribution in [2.24, 2.45) is 5.92 Å². The number of likely N-dealkylation sites (tertiary alicyclic amines) is 1. The molecule has 1 saturated heterocycles. The smallest absolute Gasteiger partial charge is 0.317 e. The van der Waals surface area contributed by atoms with Gasteiger partial charge < -0.3 is 15.3 Å². The zero-order valence-electron chi connectivity index (χ0n) is 12.3. The highest BCUT2D eigenvalue weighted by atomic mass is 16.4. The number of aliphatic carboxylic acids is 1. The number of carboxylic acids is 1. The van der Waals surface area contributed by atoms with Gasteiger partial charge in [0.2, 0.25) is 0 Å². The lowest BCUT2D eigenvalue weighted by Gasteiger charge is -2.30. The molecule has 1 aliphatic carbocycles. The fourth-order valence-electron chi connectivity index (χ4n) is 3.46. The van der Waals surface area contributed by atoms with E-state index >= 15 is 0 Å².